The van der Waals surface area contributed by atoms with Gasteiger partial charge in [0.2, 0.25) is 5.16 Å². The second-order valence-electron chi connectivity index (χ2n) is 6.47. The first kappa shape index (κ1) is 18.7. The minimum atomic E-state index is 0.503. The molecular formula is C19H21N7S2. The summed E-state index contributed by atoms with van der Waals surface area (Å²) in [5.74, 6) is 7.37. The van der Waals surface area contributed by atoms with Crippen molar-refractivity contribution in [3.63, 3.8) is 0 Å². The maximum atomic E-state index is 6.19. The normalized spacial score (nSPS) is 11.2. The molecule has 0 bridgehead atoms. The lowest BCUT2D eigenvalue weighted by atomic mass is 10.1. The summed E-state index contributed by atoms with van der Waals surface area (Å²) >= 11 is 3.16. The highest BCUT2D eigenvalue weighted by Gasteiger charge is 2.15. The zero-order chi connectivity index (χ0) is 19.7. The average molecular weight is 412 g/mol. The maximum Gasteiger partial charge on any atom is 0.271 e. The predicted molar refractivity (Wildman–Crippen MR) is 113 cm³/mol. The van der Waals surface area contributed by atoms with E-state index in [0.29, 0.717) is 16.9 Å². The molecule has 2 N–H and O–H groups in total. The second kappa shape index (κ2) is 7.76. The molecule has 0 atom stereocenters. The van der Waals surface area contributed by atoms with Crippen LogP contribution in [0.4, 0.5) is 0 Å². The molecule has 4 rings (SSSR count). The molecule has 4 aromatic rings. The van der Waals surface area contributed by atoms with Crippen LogP contribution in [0.5, 0.6) is 0 Å². The number of thioether (sulfide) groups is 1. The van der Waals surface area contributed by atoms with Crippen molar-refractivity contribution in [3.8, 4) is 16.5 Å². The predicted octanol–water partition coefficient (Wildman–Crippen LogP) is 3.77. The van der Waals surface area contributed by atoms with Gasteiger partial charge in [-0.05, 0) is 31.9 Å². The molecule has 0 unspecified atom stereocenters. The van der Waals surface area contributed by atoms with Crippen LogP contribution in [0, 0.1) is 13.8 Å². The van der Waals surface area contributed by atoms with E-state index in [2.05, 4.69) is 51.9 Å². The molecule has 0 aliphatic heterocycles. The number of aromatic nitrogens is 6. The Morgan fingerprint density at radius 1 is 1.14 bits per heavy atom. The largest absolute Gasteiger partial charge is 0.334 e. The highest BCUT2D eigenvalue weighted by Crippen LogP contribution is 2.28. The van der Waals surface area contributed by atoms with E-state index >= 15 is 0 Å². The molecule has 3 heterocycles. The first-order valence-corrected chi connectivity index (χ1v) is 10.8. The van der Waals surface area contributed by atoms with Gasteiger partial charge in [0, 0.05) is 22.4 Å². The van der Waals surface area contributed by atoms with Gasteiger partial charge in [-0.1, -0.05) is 43.0 Å². The molecule has 0 amide bonds. The Bertz CT molecular complexity index is 1090. The molecule has 0 saturated carbocycles. The summed E-state index contributed by atoms with van der Waals surface area (Å²) < 4.78 is 3.17. The van der Waals surface area contributed by atoms with Crippen LogP contribution in [0.15, 0.2) is 40.9 Å². The van der Waals surface area contributed by atoms with Gasteiger partial charge < -0.3 is 5.84 Å². The highest BCUT2D eigenvalue weighted by atomic mass is 32.2. The van der Waals surface area contributed by atoms with Crippen LogP contribution in [0.25, 0.3) is 16.5 Å². The van der Waals surface area contributed by atoms with Crippen molar-refractivity contribution in [2.45, 2.75) is 38.1 Å². The van der Waals surface area contributed by atoms with Gasteiger partial charge in [-0.3, -0.25) is 0 Å². The van der Waals surface area contributed by atoms with Crippen LogP contribution < -0.4 is 5.84 Å². The summed E-state index contributed by atoms with van der Waals surface area (Å²) in [6, 6.07) is 10.5. The molecule has 0 spiro atoms. The second-order valence-corrected chi connectivity index (χ2v) is 8.28. The smallest absolute Gasteiger partial charge is 0.271 e. The Balaban J connectivity index is 1.47. The van der Waals surface area contributed by atoms with Crippen LogP contribution in [-0.4, -0.2) is 29.6 Å². The molecule has 0 aliphatic carbocycles. The van der Waals surface area contributed by atoms with Crippen molar-refractivity contribution >= 4 is 23.1 Å². The van der Waals surface area contributed by atoms with Crippen molar-refractivity contribution < 1.29 is 0 Å². The van der Waals surface area contributed by atoms with Crippen molar-refractivity contribution in [2.75, 3.05) is 5.84 Å². The van der Waals surface area contributed by atoms with E-state index in [4.69, 9.17) is 10.8 Å². The van der Waals surface area contributed by atoms with E-state index in [0.717, 1.165) is 34.1 Å². The van der Waals surface area contributed by atoms with Gasteiger partial charge in [0.25, 0.3) is 5.95 Å². The summed E-state index contributed by atoms with van der Waals surface area (Å²) in [6.45, 7) is 6.06. The molecule has 28 heavy (non-hydrogen) atoms. The Morgan fingerprint density at radius 2 is 1.93 bits per heavy atom. The van der Waals surface area contributed by atoms with E-state index in [-0.39, 0.29) is 0 Å². The topological polar surface area (TPSA) is 87.4 Å². The first-order chi connectivity index (χ1) is 13.5. The van der Waals surface area contributed by atoms with Crippen LogP contribution in [-0.2, 0) is 12.2 Å². The van der Waals surface area contributed by atoms with Crippen LogP contribution in [0.3, 0.4) is 0 Å². The number of nitrogens with zero attached hydrogens (tertiary/aromatic N) is 6. The van der Waals surface area contributed by atoms with Gasteiger partial charge in [0.1, 0.15) is 5.01 Å². The Hall–Kier alpha value is -2.65. The van der Waals surface area contributed by atoms with Crippen molar-refractivity contribution in [2.24, 2.45) is 0 Å². The average Bonchev–Trinajstić information content (AvgIpc) is 3.39. The van der Waals surface area contributed by atoms with Gasteiger partial charge >= 0.3 is 0 Å². The summed E-state index contributed by atoms with van der Waals surface area (Å²) in [5.41, 5.74) is 5.35. The monoisotopic (exact) mass is 411 g/mol. The summed E-state index contributed by atoms with van der Waals surface area (Å²) in [7, 11) is 0. The lowest BCUT2D eigenvalue weighted by molar-refractivity contribution is 0.727. The number of nitrogen functional groups attached to an aromatic ring is 1. The fourth-order valence-electron chi connectivity index (χ4n) is 2.87. The number of thiazole rings is 1. The zero-order valence-electron chi connectivity index (χ0n) is 16.0. The molecule has 0 radical (unpaired) electrons. The van der Waals surface area contributed by atoms with E-state index in [1.165, 1.54) is 22.0 Å². The van der Waals surface area contributed by atoms with Gasteiger partial charge in [-0.2, -0.15) is 5.10 Å². The molecular weight excluding hydrogens is 390 g/mol. The van der Waals surface area contributed by atoms with Crippen molar-refractivity contribution in [3.05, 3.63) is 58.4 Å². The summed E-state index contributed by atoms with van der Waals surface area (Å²) in [6.07, 6.45) is 1.04. The fourth-order valence-corrected chi connectivity index (χ4v) is 4.55. The van der Waals surface area contributed by atoms with Gasteiger partial charge in [-0.15, -0.1) is 21.5 Å². The third-order valence-corrected chi connectivity index (χ3v) is 6.27. The minimum absolute atomic E-state index is 0.503. The van der Waals surface area contributed by atoms with E-state index < -0.39 is 0 Å². The first-order valence-electron chi connectivity index (χ1n) is 8.95. The minimum Gasteiger partial charge on any atom is -0.334 e. The van der Waals surface area contributed by atoms with Crippen molar-refractivity contribution in [1.82, 2.24) is 29.6 Å². The highest BCUT2D eigenvalue weighted by molar-refractivity contribution is 7.98. The van der Waals surface area contributed by atoms with Gasteiger partial charge in [-0.25, -0.2) is 14.3 Å². The van der Waals surface area contributed by atoms with Crippen LogP contribution in [0.1, 0.15) is 29.6 Å². The molecule has 3 aromatic heterocycles. The Morgan fingerprint density at radius 3 is 2.61 bits per heavy atom. The molecule has 0 fully saturated rings. The standard InChI is InChI=1S/C19H21N7S2/c1-4-14-5-7-15(8-6-14)17-21-16(10-27-17)11-28-19-23-22-18(25(19)20)26-13(3)9-12(2)24-26/h5-10H,4,11,20H2,1-3H3. The van der Waals surface area contributed by atoms with Crippen molar-refractivity contribution in [1.29, 1.82) is 0 Å². The van der Waals surface area contributed by atoms with Crippen LogP contribution in [0.2, 0.25) is 0 Å². The third-order valence-electron chi connectivity index (χ3n) is 4.36. The SMILES string of the molecule is CCc1ccc(-c2nc(CSc3nnc(-n4nc(C)cc4C)n3N)cs2)cc1. The lowest BCUT2D eigenvalue weighted by Gasteiger charge is -2.04. The van der Waals surface area contributed by atoms with E-state index in [1.54, 1.807) is 16.0 Å². The zero-order valence-corrected chi connectivity index (χ0v) is 17.6. The molecule has 9 heteroatoms. The fraction of sp³-hybridized carbons (Fsp3) is 0.263. The number of hydrogen-bond acceptors (Lipinski definition) is 7. The number of nitrogens with two attached hydrogens (primary N) is 1. The van der Waals surface area contributed by atoms with Gasteiger partial charge in [0.15, 0.2) is 0 Å². The lowest BCUT2D eigenvalue weighted by Crippen LogP contribution is -2.17. The summed E-state index contributed by atoms with van der Waals surface area (Å²) in [4.78, 5) is 4.75. The third kappa shape index (κ3) is 3.67. The van der Waals surface area contributed by atoms with Gasteiger partial charge in [0.05, 0.1) is 11.4 Å². The van der Waals surface area contributed by atoms with E-state index in [1.807, 2.05) is 19.9 Å². The summed E-state index contributed by atoms with van der Waals surface area (Å²) in [5, 5.41) is 16.5. The Labute approximate surface area is 171 Å². The van der Waals surface area contributed by atoms with Crippen LogP contribution >= 0.6 is 23.1 Å². The molecule has 1 aromatic carbocycles. The number of rotatable bonds is 6. The number of hydrogen-bond donors (Lipinski definition) is 1. The molecule has 0 aliphatic rings. The van der Waals surface area contributed by atoms with E-state index in [9.17, 15) is 0 Å². The molecule has 7 nitrogen and oxygen atoms in total. The molecule has 144 valence electrons. The quantitative estimate of drug-likeness (QED) is 0.384. The number of aryl methyl sites for hydroxylation is 3. The Kier molecular flexibility index (Phi) is 5.19. The maximum absolute atomic E-state index is 6.19. The number of benzene rings is 1. The molecule has 0 saturated heterocycles.